The number of nitrogens with zero attached hydrogens (tertiary/aromatic N) is 4. The quantitative estimate of drug-likeness (QED) is 0.625. The van der Waals surface area contributed by atoms with Crippen molar-refractivity contribution in [3.63, 3.8) is 0 Å². The van der Waals surface area contributed by atoms with Gasteiger partial charge in [0.2, 0.25) is 5.75 Å². The second-order valence-corrected chi connectivity index (χ2v) is 6.48. The van der Waals surface area contributed by atoms with Crippen LogP contribution in [-0.2, 0) is 13.1 Å². The monoisotopic (exact) mass is 387 g/mol. The zero-order valence-electron chi connectivity index (χ0n) is 17.0. The Balaban J connectivity index is 2.02. The summed E-state index contributed by atoms with van der Waals surface area (Å²) < 4.78 is 21.3. The van der Waals surface area contributed by atoms with Crippen LogP contribution in [0.25, 0.3) is 10.9 Å². The molecule has 0 unspecified atom stereocenters. The summed E-state index contributed by atoms with van der Waals surface area (Å²) in [6.07, 6.45) is 0. The summed E-state index contributed by atoms with van der Waals surface area (Å²) in [5.41, 5.74) is 3.33. The first-order chi connectivity index (χ1) is 13.5. The summed E-state index contributed by atoms with van der Waals surface area (Å²) in [5, 5.41) is 11.9. The number of benzene rings is 1. The number of hydrogen-bond acceptors (Lipinski definition) is 9. The van der Waals surface area contributed by atoms with Gasteiger partial charge in [-0.05, 0) is 13.0 Å². The fourth-order valence-corrected chi connectivity index (χ4v) is 3.06. The van der Waals surface area contributed by atoms with E-state index in [2.05, 4.69) is 21.7 Å². The Morgan fingerprint density at radius 3 is 2.32 bits per heavy atom. The lowest BCUT2D eigenvalue weighted by Gasteiger charge is -2.20. The molecule has 0 aliphatic heterocycles. The molecule has 3 aromatic rings. The zero-order chi connectivity index (χ0) is 20.3. The third-order valence-corrected chi connectivity index (χ3v) is 4.46. The molecule has 150 valence electrons. The van der Waals surface area contributed by atoms with E-state index in [9.17, 15) is 0 Å². The van der Waals surface area contributed by atoms with Crippen LogP contribution in [0.4, 0.5) is 5.82 Å². The smallest absolute Gasteiger partial charge is 0.204 e. The van der Waals surface area contributed by atoms with Crippen molar-refractivity contribution in [1.82, 2.24) is 20.6 Å². The summed E-state index contributed by atoms with van der Waals surface area (Å²) in [6.45, 7) is 2.99. The molecule has 3 rings (SSSR count). The van der Waals surface area contributed by atoms with Gasteiger partial charge in [-0.15, -0.1) is 0 Å². The number of ether oxygens (including phenoxy) is 3. The van der Waals surface area contributed by atoms with Crippen molar-refractivity contribution in [2.75, 3.05) is 40.3 Å². The van der Waals surface area contributed by atoms with Crippen LogP contribution in [0.3, 0.4) is 0 Å². The summed E-state index contributed by atoms with van der Waals surface area (Å²) in [7, 11) is 8.71. The molecule has 0 spiro atoms. The lowest BCUT2D eigenvalue weighted by Crippen LogP contribution is -2.19. The highest BCUT2D eigenvalue weighted by molar-refractivity contribution is 5.92. The Hall–Kier alpha value is -3.07. The van der Waals surface area contributed by atoms with Crippen molar-refractivity contribution in [3.05, 3.63) is 29.1 Å². The molecule has 9 heteroatoms. The third kappa shape index (κ3) is 3.65. The first kappa shape index (κ1) is 19.7. The van der Waals surface area contributed by atoms with E-state index in [1.807, 2.05) is 32.0 Å². The first-order valence-corrected chi connectivity index (χ1v) is 8.78. The topological polar surface area (TPSA) is 94.8 Å². The van der Waals surface area contributed by atoms with E-state index in [1.165, 1.54) is 0 Å². The lowest BCUT2D eigenvalue weighted by atomic mass is 10.1. The molecule has 0 atom stereocenters. The third-order valence-electron chi connectivity index (χ3n) is 4.46. The number of methoxy groups -OCH3 is 3. The standard InChI is InChI=1S/C19H25N5O4/c1-11-15(23-28-22-11)10-20-9-12-7-13-14(21-19(12)24(2)3)8-16(25-4)18(27-6)17(13)26-5/h7-8,20H,9-10H2,1-6H3. The van der Waals surface area contributed by atoms with Crippen molar-refractivity contribution in [3.8, 4) is 17.2 Å². The highest BCUT2D eigenvalue weighted by Gasteiger charge is 2.19. The van der Waals surface area contributed by atoms with E-state index < -0.39 is 0 Å². The molecular weight excluding hydrogens is 362 g/mol. The number of fused-ring (bicyclic) bond motifs is 1. The van der Waals surface area contributed by atoms with Crippen LogP contribution >= 0.6 is 0 Å². The summed E-state index contributed by atoms with van der Waals surface area (Å²) >= 11 is 0. The first-order valence-electron chi connectivity index (χ1n) is 8.78. The average Bonchev–Trinajstić information content (AvgIpc) is 3.10. The van der Waals surface area contributed by atoms with Gasteiger partial charge in [-0.1, -0.05) is 10.3 Å². The molecule has 9 nitrogen and oxygen atoms in total. The number of rotatable bonds is 8. The van der Waals surface area contributed by atoms with E-state index in [0.29, 0.717) is 30.3 Å². The number of hydrogen-bond donors (Lipinski definition) is 1. The molecule has 2 aromatic heterocycles. The number of anilines is 1. The zero-order valence-corrected chi connectivity index (χ0v) is 17.0. The van der Waals surface area contributed by atoms with Crippen LogP contribution in [0.2, 0.25) is 0 Å². The fraction of sp³-hybridized carbons (Fsp3) is 0.421. The summed E-state index contributed by atoms with van der Waals surface area (Å²) in [5.74, 6) is 2.56. The minimum atomic E-state index is 0.542. The maximum Gasteiger partial charge on any atom is 0.204 e. The maximum atomic E-state index is 5.62. The van der Waals surface area contributed by atoms with Crippen molar-refractivity contribution < 1.29 is 18.8 Å². The second kappa shape index (κ2) is 8.30. The number of pyridine rings is 1. The van der Waals surface area contributed by atoms with E-state index in [4.69, 9.17) is 23.8 Å². The molecule has 0 fully saturated rings. The van der Waals surface area contributed by atoms with Crippen molar-refractivity contribution in [2.45, 2.75) is 20.0 Å². The molecule has 0 radical (unpaired) electrons. The van der Waals surface area contributed by atoms with Gasteiger partial charge in [0, 0.05) is 44.2 Å². The van der Waals surface area contributed by atoms with Crippen LogP contribution in [0, 0.1) is 6.92 Å². The molecular formula is C19H25N5O4. The van der Waals surface area contributed by atoms with E-state index >= 15 is 0 Å². The van der Waals surface area contributed by atoms with Gasteiger partial charge in [0.15, 0.2) is 11.5 Å². The Morgan fingerprint density at radius 2 is 1.75 bits per heavy atom. The predicted octanol–water partition coefficient (Wildman–Crippen LogP) is 2.31. The number of nitrogens with one attached hydrogen (secondary N) is 1. The number of aromatic nitrogens is 3. The molecule has 1 aromatic carbocycles. The molecule has 0 aliphatic carbocycles. The molecule has 0 bridgehead atoms. The van der Waals surface area contributed by atoms with Crippen LogP contribution in [0.1, 0.15) is 17.0 Å². The second-order valence-electron chi connectivity index (χ2n) is 6.48. The van der Waals surface area contributed by atoms with Gasteiger partial charge in [0.05, 0.1) is 26.8 Å². The predicted molar refractivity (Wildman–Crippen MR) is 105 cm³/mol. The van der Waals surface area contributed by atoms with Gasteiger partial charge in [-0.2, -0.15) is 0 Å². The van der Waals surface area contributed by atoms with E-state index in [1.54, 1.807) is 21.3 Å². The summed E-state index contributed by atoms with van der Waals surface area (Å²) in [4.78, 5) is 6.80. The Morgan fingerprint density at radius 1 is 1.00 bits per heavy atom. The molecule has 0 saturated carbocycles. The van der Waals surface area contributed by atoms with Crippen molar-refractivity contribution in [2.24, 2.45) is 0 Å². The minimum absolute atomic E-state index is 0.542. The Labute approximate surface area is 163 Å². The van der Waals surface area contributed by atoms with Crippen LogP contribution in [0.15, 0.2) is 16.8 Å². The van der Waals surface area contributed by atoms with E-state index in [-0.39, 0.29) is 0 Å². The van der Waals surface area contributed by atoms with Crippen LogP contribution < -0.4 is 24.4 Å². The normalized spacial score (nSPS) is 10.9. The highest BCUT2D eigenvalue weighted by Crippen LogP contribution is 2.43. The van der Waals surface area contributed by atoms with Crippen LogP contribution in [-0.4, -0.2) is 50.7 Å². The molecule has 0 saturated heterocycles. The van der Waals surface area contributed by atoms with Gasteiger partial charge in [0.25, 0.3) is 0 Å². The lowest BCUT2D eigenvalue weighted by molar-refractivity contribution is 0.300. The minimum Gasteiger partial charge on any atom is -0.493 e. The molecule has 2 heterocycles. The average molecular weight is 387 g/mol. The highest BCUT2D eigenvalue weighted by atomic mass is 16.6. The van der Waals surface area contributed by atoms with Crippen molar-refractivity contribution >= 4 is 16.7 Å². The fourth-order valence-electron chi connectivity index (χ4n) is 3.06. The van der Waals surface area contributed by atoms with E-state index in [0.717, 1.165) is 33.7 Å². The van der Waals surface area contributed by atoms with Crippen LogP contribution in [0.5, 0.6) is 17.2 Å². The van der Waals surface area contributed by atoms with Gasteiger partial charge in [0.1, 0.15) is 17.2 Å². The van der Waals surface area contributed by atoms with Crippen molar-refractivity contribution in [1.29, 1.82) is 0 Å². The van der Waals surface area contributed by atoms with Gasteiger partial charge < -0.3 is 24.4 Å². The SMILES string of the molecule is COc1cc2nc(N(C)C)c(CNCc3nonc3C)cc2c(OC)c1OC. The largest absolute Gasteiger partial charge is 0.493 e. The van der Waals surface area contributed by atoms with Gasteiger partial charge in [-0.3, -0.25) is 0 Å². The molecule has 0 amide bonds. The van der Waals surface area contributed by atoms with Gasteiger partial charge in [-0.25, -0.2) is 9.61 Å². The van der Waals surface area contributed by atoms with Gasteiger partial charge >= 0.3 is 0 Å². The molecule has 0 aliphatic rings. The number of aryl methyl sites for hydroxylation is 1. The molecule has 28 heavy (non-hydrogen) atoms. The molecule has 1 N–H and O–H groups in total. The summed E-state index contributed by atoms with van der Waals surface area (Å²) in [6, 6.07) is 3.91. The Bertz CT molecular complexity index is 971. The maximum absolute atomic E-state index is 5.62. The Kier molecular flexibility index (Phi) is 5.84.